The van der Waals surface area contributed by atoms with Gasteiger partial charge in [-0.15, -0.1) is 0 Å². The van der Waals surface area contributed by atoms with Crippen LogP contribution in [-0.2, 0) is 0 Å². The van der Waals surface area contributed by atoms with Crippen LogP contribution in [0.1, 0.15) is 15.9 Å². The Labute approximate surface area is 123 Å². The number of nitrogens with two attached hydrogens (primary N) is 1. The predicted molar refractivity (Wildman–Crippen MR) is 77.6 cm³/mol. The number of hydrogen-bond acceptors (Lipinski definition) is 3. The van der Waals surface area contributed by atoms with Gasteiger partial charge in [0, 0.05) is 10.0 Å². The van der Waals surface area contributed by atoms with Gasteiger partial charge in [0.25, 0.3) is 5.91 Å². The summed E-state index contributed by atoms with van der Waals surface area (Å²) in [5.74, 6) is -0.983. The van der Waals surface area contributed by atoms with E-state index in [1.54, 1.807) is 18.2 Å². The fourth-order valence-electron chi connectivity index (χ4n) is 1.57. The molecule has 0 radical (unpaired) electrons. The minimum Gasteiger partial charge on any atom is -0.396 e. The maximum Gasteiger partial charge on any atom is 0.255 e. The monoisotopic (exact) mass is 333 g/mol. The summed E-state index contributed by atoms with van der Waals surface area (Å²) in [4.78, 5) is 12.0. The highest BCUT2D eigenvalue weighted by molar-refractivity contribution is 9.10. The lowest BCUT2D eigenvalue weighted by atomic mass is 10.1. The third-order valence-corrected chi connectivity index (χ3v) is 3.26. The molecule has 0 saturated carbocycles. The topological polar surface area (TPSA) is 78.9 Å². The van der Waals surface area contributed by atoms with E-state index in [0.29, 0.717) is 15.7 Å². The molecule has 100 valence electrons. The fraction of sp³-hybridized carbons (Fsp3) is 0. The van der Waals surface area contributed by atoms with Gasteiger partial charge in [-0.2, -0.15) is 5.26 Å². The van der Waals surface area contributed by atoms with E-state index < -0.39 is 11.7 Å². The number of benzene rings is 2. The van der Waals surface area contributed by atoms with Crippen LogP contribution < -0.4 is 11.1 Å². The number of halogens is 2. The van der Waals surface area contributed by atoms with Gasteiger partial charge >= 0.3 is 0 Å². The molecule has 1 amide bonds. The van der Waals surface area contributed by atoms with Crippen LogP contribution in [0.3, 0.4) is 0 Å². The zero-order chi connectivity index (χ0) is 14.7. The van der Waals surface area contributed by atoms with Gasteiger partial charge < -0.3 is 11.1 Å². The first-order valence-electron chi connectivity index (χ1n) is 5.57. The van der Waals surface area contributed by atoms with Crippen molar-refractivity contribution in [3.8, 4) is 6.07 Å². The van der Waals surface area contributed by atoms with Crippen LogP contribution in [0.4, 0.5) is 15.8 Å². The molecule has 0 aliphatic rings. The summed E-state index contributed by atoms with van der Waals surface area (Å²) in [6.45, 7) is 0. The van der Waals surface area contributed by atoms with Crippen LogP contribution in [-0.4, -0.2) is 5.91 Å². The number of carbonyl (C=O) groups is 1. The fourth-order valence-corrected chi connectivity index (χ4v) is 2.04. The summed E-state index contributed by atoms with van der Waals surface area (Å²) < 4.78 is 13.6. The van der Waals surface area contributed by atoms with Gasteiger partial charge in [-0.3, -0.25) is 4.79 Å². The number of nitriles is 1. The summed E-state index contributed by atoms with van der Waals surface area (Å²) in [6.07, 6.45) is 0. The summed E-state index contributed by atoms with van der Waals surface area (Å²) in [6, 6.07) is 10.5. The zero-order valence-corrected chi connectivity index (χ0v) is 11.7. The van der Waals surface area contributed by atoms with Gasteiger partial charge in [0.1, 0.15) is 5.82 Å². The van der Waals surface area contributed by atoms with Crippen molar-refractivity contribution in [2.24, 2.45) is 0 Å². The minimum absolute atomic E-state index is 0.0865. The van der Waals surface area contributed by atoms with E-state index in [0.717, 1.165) is 6.07 Å². The number of anilines is 2. The Morgan fingerprint density at radius 2 is 2.05 bits per heavy atom. The van der Waals surface area contributed by atoms with E-state index in [9.17, 15) is 9.18 Å². The Bertz CT molecular complexity index is 725. The minimum atomic E-state index is -0.568. The average Bonchev–Trinajstić information content (AvgIpc) is 2.43. The molecule has 0 aromatic heterocycles. The van der Waals surface area contributed by atoms with Crippen molar-refractivity contribution in [1.29, 1.82) is 5.26 Å². The highest BCUT2D eigenvalue weighted by Gasteiger charge is 2.10. The average molecular weight is 334 g/mol. The number of carbonyl (C=O) groups excluding carboxylic acids is 1. The second-order valence-corrected chi connectivity index (χ2v) is 4.85. The third kappa shape index (κ3) is 2.95. The molecule has 2 aromatic rings. The molecular formula is C14H9BrFN3O. The van der Waals surface area contributed by atoms with Crippen LogP contribution >= 0.6 is 15.9 Å². The summed E-state index contributed by atoms with van der Waals surface area (Å²) in [7, 11) is 0. The first-order valence-corrected chi connectivity index (χ1v) is 6.36. The number of nitrogens with zero attached hydrogens (tertiary/aromatic N) is 1. The Balaban J connectivity index is 2.23. The van der Waals surface area contributed by atoms with Gasteiger partial charge in [0.05, 0.1) is 23.0 Å². The van der Waals surface area contributed by atoms with Gasteiger partial charge in [0.2, 0.25) is 0 Å². The van der Waals surface area contributed by atoms with E-state index >= 15 is 0 Å². The molecule has 2 rings (SSSR count). The zero-order valence-electron chi connectivity index (χ0n) is 10.2. The molecule has 0 aliphatic heterocycles. The molecule has 3 N–H and O–H groups in total. The van der Waals surface area contributed by atoms with E-state index in [2.05, 4.69) is 21.2 Å². The van der Waals surface area contributed by atoms with E-state index in [4.69, 9.17) is 11.0 Å². The quantitative estimate of drug-likeness (QED) is 0.827. The Hall–Kier alpha value is -2.39. The van der Waals surface area contributed by atoms with Crippen LogP contribution in [0.2, 0.25) is 0 Å². The van der Waals surface area contributed by atoms with Crippen LogP contribution in [0.25, 0.3) is 0 Å². The summed E-state index contributed by atoms with van der Waals surface area (Å²) in [5, 5.41) is 11.4. The smallest absolute Gasteiger partial charge is 0.255 e. The first kappa shape index (κ1) is 14.0. The highest BCUT2D eigenvalue weighted by atomic mass is 79.9. The van der Waals surface area contributed by atoms with Crippen LogP contribution in [0.5, 0.6) is 0 Å². The lowest BCUT2D eigenvalue weighted by Gasteiger charge is -2.08. The molecule has 20 heavy (non-hydrogen) atoms. The lowest BCUT2D eigenvalue weighted by molar-refractivity contribution is 0.102. The summed E-state index contributed by atoms with van der Waals surface area (Å²) >= 11 is 3.26. The SMILES string of the molecule is N#Cc1ccc(NC(=O)c2ccc(F)c(N)c2)c(Br)c1. The number of hydrogen-bond donors (Lipinski definition) is 2. The Morgan fingerprint density at radius 3 is 2.65 bits per heavy atom. The van der Waals surface area contributed by atoms with E-state index in [-0.39, 0.29) is 11.3 Å². The van der Waals surface area contributed by atoms with Gasteiger partial charge in [-0.1, -0.05) is 0 Å². The van der Waals surface area contributed by atoms with E-state index in [1.807, 2.05) is 6.07 Å². The van der Waals surface area contributed by atoms with Crippen molar-refractivity contribution >= 4 is 33.2 Å². The van der Waals surface area contributed by atoms with Crippen molar-refractivity contribution in [3.05, 3.63) is 57.8 Å². The Kier molecular flexibility index (Phi) is 4.01. The molecule has 0 spiro atoms. The Morgan fingerprint density at radius 1 is 1.30 bits per heavy atom. The van der Waals surface area contributed by atoms with E-state index in [1.165, 1.54) is 12.1 Å². The maximum absolute atomic E-state index is 13.0. The van der Waals surface area contributed by atoms with Crippen molar-refractivity contribution in [2.45, 2.75) is 0 Å². The number of rotatable bonds is 2. The maximum atomic E-state index is 13.0. The molecule has 0 bridgehead atoms. The molecule has 2 aromatic carbocycles. The van der Waals surface area contributed by atoms with Gasteiger partial charge in [-0.25, -0.2) is 4.39 Å². The molecule has 4 nitrogen and oxygen atoms in total. The highest BCUT2D eigenvalue weighted by Crippen LogP contribution is 2.24. The van der Waals surface area contributed by atoms with Gasteiger partial charge in [0.15, 0.2) is 0 Å². The third-order valence-electron chi connectivity index (χ3n) is 2.60. The van der Waals surface area contributed by atoms with Crippen molar-refractivity contribution < 1.29 is 9.18 Å². The second kappa shape index (κ2) is 5.72. The van der Waals surface area contributed by atoms with Crippen molar-refractivity contribution in [2.75, 3.05) is 11.1 Å². The number of nitrogen functional groups attached to an aromatic ring is 1. The van der Waals surface area contributed by atoms with Crippen LogP contribution in [0, 0.1) is 17.1 Å². The molecular weight excluding hydrogens is 325 g/mol. The van der Waals surface area contributed by atoms with Gasteiger partial charge in [-0.05, 0) is 52.3 Å². The molecule has 0 heterocycles. The molecule has 0 unspecified atom stereocenters. The molecule has 0 saturated heterocycles. The molecule has 0 fully saturated rings. The lowest BCUT2D eigenvalue weighted by Crippen LogP contribution is -2.13. The molecule has 6 heteroatoms. The molecule has 0 aliphatic carbocycles. The molecule has 0 atom stereocenters. The number of nitrogens with one attached hydrogen (secondary N) is 1. The standard InChI is InChI=1S/C14H9BrFN3O/c15-10-5-8(7-17)1-4-13(10)19-14(20)9-2-3-11(16)12(18)6-9/h1-6H,18H2,(H,19,20). The predicted octanol–water partition coefficient (Wildman–Crippen LogP) is 3.29. The first-order chi connectivity index (χ1) is 9.51. The number of amides is 1. The largest absolute Gasteiger partial charge is 0.396 e. The van der Waals surface area contributed by atoms with Crippen molar-refractivity contribution in [1.82, 2.24) is 0 Å². The van der Waals surface area contributed by atoms with Crippen molar-refractivity contribution in [3.63, 3.8) is 0 Å². The second-order valence-electron chi connectivity index (χ2n) is 4.00. The normalized spacial score (nSPS) is 9.85. The summed E-state index contributed by atoms with van der Waals surface area (Å²) in [5.41, 5.74) is 6.57. The van der Waals surface area contributed by atoms with Crippen LogP contribution in [0.15, 0.2) is 40.9 Å².